The molecule has 0 bridgehead atoms. The highest BCUT2D eigenvalue weighted by Crippen LogP contribution is 2.67. The first-order valence-electron chi connectivity index (χ1n) is 12.8. The number of rotatable bonds is 4. The van der Waals surface area contributed by atoms with Gasteiger partial charge in [0, 0.05) is 6.42 Å². The average Bonchev–Trinajstić information content (AvgIpc) is 3.12. The molecular weight excluding hydrogens is 372 g/mol. The summed E-state index contributed by atoms with van der Waals surface area (Å²) in [6, 6.07) is 0. The van der Waals surface area contributed by atoms with Crippen LogP contribution in [0, 0.1) is 40.4 Å². The minimum atomic E-state index is -0.245. The maximum Gasteiger partial charge on any atom is 0.0893 e. The minimum Gasteiger partial charge on any atom is -0.393 e. The Morgan fingerprint density at radius 2 is 1.80 bits per heavy atom. The molecule has 1 heterocycles. The van der Waals surface area contributed by atoms with Gasteiger partial charge in [-0.25, -0.2) is 0 Å². The Labute approximate surface area is 183 Å². The summed E-state index contributed by atoms with van der Waals surface area (Å²) in [4.78, 5) is 0. The van der Waals surface area contributed by atoms with E-state index in [2.05, 4.69) is 40.7 Å². The number of fused-ring (bicyclic) bond motifs is 5. The molecule has 170 valence electrons. The Morgan fingerprint density at radius 3 is 2.50 bits per heavy atom. The lowest BCUT2D eigenvalue weighted by Gasteiger charge is -2.58. The van der Waals surface area contributed by atoms with Gasteiger partial charge in [0.25, 0.3) is 0 Å². The average molecular weight is 417 g/mol. The van der Waals surface area contributed by atoms with Crippen molar-refractivity contribution in [2.24, 2.45) is 40.4 Å². The summed E-state index contributed by atoms with van der Waals surface area (Å²) in [5, 5.41) is 21.3. The van der Waals surface area contributed by atoms with Crippen molar-refractivity contribution in [3.8, 4) is 0 Å². The van der Waals surface area contributed by atoms with Crippen LogP contribution in [0.1, 0.15) is 92.4 Å². The molecule has 2 N–H and O–H groups in total. The van der Waals surface area contributed by atoms with Gasteiger partial charge in [0.05, 0.1) is 23.9 Å². The SMILES string of the molecule is C[C@@H]([C@H]1CC[C@H]2[C@@H]3CC=C4CC(O)CC[C@]4(C)[C@H]3CC[C@]12C)[C@@H](O)C[C@H]1OC1(C)C. The van der Waals surface area contributed by atoms with Crippen LogP contribution < -0.4 is 0 Å². The number of allylic oxidation sites excluding steroid dienone is 1. The number of ether oxygens (including phenoxy) is 1. The molecule has 0 amide bonds. The van der Waals surface area contributed by atoms with E-state index in [1.165, 1.54) is 38.5 Å². The van der Waals surface area contributed by atoms with Gasteiger partial charge in [-0.1, -0.05) is 32.4 Å². The molecule has 30 heavy (non-hydrogen) atoms. The van der Waals surface area contributed by atoms with E-state index in [0.717, 1.165) is 37.0 Å². The summed E-state index contributed by atoms with van der Waals surface area (Å²) >= 11 is 0. The van der Waals surface area contributed by atoms with E-state index in [9.17, 15) is 10.2 Å². The van der Waals surface area contributed by atoms with E-state index in [4.69, 9.17) is 4.74 Å². The molecule has 0 aromatic rings. The summed E-state index contributed by atoms with van der Waals surface area (Å²) in [5.74, 6) is 3.37. The number of hydrogen-bond acceptors (Lipinski definition) is 3. The number of epoxide rings is 1. The fourth-order valence-electron chi connectivity index (χ4n) is 8.91. The molecule has 3 heteroatoms. The van der Waals surface area contributed by atoms with Crippen LogP contribution in [-0.2, 0) is 4.74 Å². The Bertz CT molecular complexity index is 713. The van der Waals surface area contributed by atoms with E-state index in [0.29, 0.717) is 22.7 Å². The van der Waals surface area contributed by atoms with Crippen molar-refractivity contribution in [1.82, 2.24) is 0 Å². The van der Waals surface area contributed by atoms with E-state index >= 15 is 0 Å². The van der Waals surface area contributed by atoms with Crippen LogP contribution in [0.5, 0.6) is 0 Å². The molecule has 4 fully saturated rings. The molecule has 1 unspecified atom stereocenters. The van der Waals surface area contributed by atoms with Crippen LogP contribution in [0.4, 0.5) is 0 Å². The normalized spacial score (nSPS) is 51.2. The lowest BCUT2D eigenvalue weighted by molar-refractivity contribution is -0.0683. The summed E-state index contributed by atoms with van der Waals surface area (Å²) in [6.07, 6.45) is 12.7. The Balaban J connectivity index is 1.33. The number of aliphatic hydroxyl groups is 2. The molecule has 10 atom stereocenters. The summed E-state index contributed by atoms with van der Waals surface area (Å²) in [5.41, 5.74) is 2.23. The van der Waals surface area contributed by atoms with Crippen LogP contribution in [0.25, 0.3) is 0 Å². The Morgan fingerprint density at radius 1 is 1.07 bits per heavy atom. The van der Waals surface area contributed by atoms with E-state index in [1.807, 2.05) is 0 Å². The van der Waals surface area contributed by atoms with Crippen LogP contribution in [0.2, 0.25) is 0 Å². The van der Waals surface area contributed by atoms with Crippen molar-refractivity contribution < 1.29 is 14.9 Å². The van der Waals surface area contributed by atoms with Gasteiger partial charge in [-0.05, 0) is 106 Å². The first kappa shape index (κ1) is 21.5. The predicted octanol–water partition coefficient (Wildman–Crippen LogP) is 5.49. The van der Waals surface area contributed by atoms with Gasteiger partial charge in [-0.15, -0.1) is 0 Å². The number of aliphatic hydroxyl groups excluding tert-OH is 2. The van der Waals surface area contributed by atoms with Gasteiger partial charge in [0.15, 0.2) is 0 Å². The fourth-order valence-corrected chi connectivity index (χ4v) is 8.91. The van der Waals surface area contributed by atoms with Gasteiger partial charge in [0.1, 0.15) is 0 Å². The second-order valence-electron chi connectivity index (χ2n) is 12.8. The standard InChI is InChI=1S/C27H44O3/c1-16(23(29)15-24-25(2,3)30-24)20-8-9-21-19-7-6-17-14-18(28)10-12-26(17,4)22(19)11-13-27(20,21)5/h6,16,18-24,28-29H,7-15H2,1-5H3/t16-,18?,19-,20+,21-,22-,23-,24+,26-,27+/m0/s1. The van der Waals surface area contributed by atoms with Crippen molar-refractivity contribution in [2.45, 2.75) is 116 Å². The van der Waals surface area contributed by atoms with Crippen molar-refractivity contribution >= 4 is 0 Å². The van der Waals surface area contributed by atoms with E-state index in [1.54, 1.807) is 5.57 Å². The summed E-state index contributed by atoms with van der Waals surface area (Å²) < 4.78 is 5.77. The van der Waals surface area contributed by atoms with Crippen LogP contribution in [0.3, 0.4) is 0 Å². The molecule has 3 nitrogen and oxygen atoms in total. The highest BCUT2D eigenvalue weighted by molar-refractivity contribution is 5.25. The molecule has 5 rings (SSSR count). The second kappa shape index (κ2) is 7.06. The Hall–Kier alpha value is -0.380. The monoisotopic (exact) mass is 416 g/mol. The quantitative estimate of drug-likeness (QED) is 0.470. The number of hydrogen-bond donors (Lipinski definition) is 2. The molecule has 0 spiro atoms. The van der Waals surface area contributed by atoms with E-state index < -0.39 is 0 Å². The fraction of sp³-hybridized carbons (Fsp3) is 0.926. The molecular formula is C27H44O3. The lowest BCUT2D eigenvalue weighted by Crippen LogP contribution is -2.51. The van der Waals surface area contributed by atoms with Crippen LogP contribution in [-0.4, -0.2) is 34.1 Å². The van der Waals surface area contributed by atoms with Crippen molar-refractivity contribution in [1.29, 1.82) is 0 Å². The summed E-state index contributed by atoms with van der Waals surface area (Å²) in [7, 11) is 0. The van der Waals surface area contributed by atoms with Gasteiger partial charge in [-0.3, -0.25) is 0 Å². The smallest absolute Gasteiger partial charge is 0.0893 e. The zero-order valence-electron chi connectivity index (χ0n) is 19.9. The zero-order chi connectivity index (χ0) is 21.5. The second-order valence-corrected chi connectivity index (χ2v) is 12.8. The highest BCUT2D eigenvalue weighted by atomic mass is 16.6. The molecule has 0 aromatic heterocycles. The van der Waals surface area contributed by atoms with Crippen LogP contribution >= 0.6 is 0 Å². The lowest BCUT2D eigenvalue weighted by atomic mass is 9.47. The Kier molecular flexibility index (Phi) is 5.05. The molecule has 0 aromatic carbocycles. The molecule has 5 aliphatic rings. The van der Waals surface area contributed by atoms with Gasteiger partial charge in [-0.2, -0.15) is 0 Å². The first-order chi connectivity index (χ1) is 14.1. The topological polar surface area (TPSA) is 53.0 Å². The summed E-state index contributed by atoms with van der Waals surface area (Å²) in [6.45, 7) is 11.7. The molecule has 3 saturated carbocycles. The third-order valence-corrected chi connectivity index (χ3v) is 11.0. The highest BCUT2D eigenvalue weighted by Gasteiger charge is 2.60. The molecule has 1 aliphatic heterocycles. The van der Waals surface area contributed by atoms with E-state index in [-0.39, 0.29) is 23.9 Å². The zero-order valence-corrected chi connectivity index (χ0v) is 19.9. The molecule has 4 aliphatic carbocycles. The van der Waals surface area contributed by atoms with Gasteiger partial charge >= 0.3 is 0 Å². The van der Waals surface area contributed by atoms with Crippen molar-refractivity contribution in [2.75, 3.05) is 0 Å². The van der Waals surface area contributed by atoms with Crippen molar-refractivity contribution in [3.05, 3.63) is 11.6 Å². The first-order valence-corrected chi connectivity index (χ1v) is 12.8. The van der Waals surface area contributed by atoms with Crippen molar-refractivity contribution in [3.63, 3.8) is 0 Å². The van der Waals surface area contributed by atoms with Gasteiger partial charge < -0.3 is 14.9 Å². The van der Waals surface area contributed by atoms with Crippen LogP contribution in [0.15, 0.2) is 11.6 Å². The maximum atomic E-state index is 11.1. The third-order valence-electron chi connectivity index (χ3n) is 11.0. The third kappa shape index (κ3) is 3.17. The van der Waals surface area contributed by atoms with Gasteiger partial charge in [0.2, 0.25) is 0 Å². The molecule has 0 radical (unpaired) electrons. The maximum absolute atomic E-state index is 11.1. The minimum absolute atomic E-state index is 0.0317. The predicted molar refractivity (Wildman–Crippen MR) is 120 cm³/mol. The molecule has 1 saturated heterocycles. The largest absolute Gasteiger partial charge is 0.393 e.